The molecule has 1 aliphatic rings. The fourth-order valence-corrected chi connectivity index (χ4v) is 4.65. The zero-order valence-corrected chi connectivity index (χ0v) is 19.3. The Balaban J connectivity index is 1.39. The summed E-state index contributed by atoms with van der Waals surface area (Å²) in [6.07, 6.45) is 1.78. The molecule has 1 amide bonds. The van der Waals surface area contributed by atoms with Gasteiger partial charge in [0, 0.05) is 38.4 Å². The number of hydrogen-bond acceptors (Lipinski definition) is 6. The van der Waals surface area contributed by atoms with Gasteiger partial charge in [0.25, 0.3) is 0 Å². The molecule has 4 rings (SSSR count). The number of benzene rings is 2. The number of para-hydroxylation sites is 1. The molecule has 2 aromatic carbocycles. The van der Waals surface area contributed by atoms with E-state index in [1.54, 1.807) is 25.3 Å². The first-order valence-corrected chi connectivity index (χ1v) is 11.7. The number of allylic oxidation sites excluding steroid dienone is 1. The Morgan fingerprint density at radius 2 is 1.85 bits per heavy atom. The van der Waals surface area contributed by atoms with Crippen molar-refractivity contribution in [2.45, 2.75) is 11.7 Å². The lowest BCUT2D eigenvalue weighted by Crippen LogP contribution is -2.49. The van der Waals surface area contributed by atoms with Crippen LogP contribution >= 0.6 is 11.8 Å². The molecule has 0 unspecified atom stereocenters. The van der Waals surface area contributed by atoms with E-state index in [-0.39, 0.29) is 17.5 Å². The monoisotopic (exact) mass is 467 g/mol. The van der Waals surface area contributed by atoms with Gasteiger partial charge in [-0.25, -0.2) is 4.39 Å². The van der Waals surface area contributed by atoms with Crippen molar-refractivity contribution in [3.8, 4) is 17.1 Å². The van der Waals surface area contributed by atoms with Gasteiger partial charge in [0.15, 0.2) is 11.0 Å². The van der Waals surface area contributed by atoms with Crippen LogP contribution in [0.15, 0.2) is 66.3 Å². The van der Waals surface area contributed by atoms with Gasteiger partial charge in [-0.1, -0.05) is 30.0 Å². The molecule has 2 heterocycles. The molecule has 1 saturated heterocycles. The number of hydrogen-bond donors (Lipinski definition) is 0. The number of carbonyl (C=O) groups is 1. The molecular formula is C24H26FN5O2S. The van der Waals surface area contributed by atoms with Crippen molar-refractivity contribution in [1.82, 2.24) is 19.7 Å². The molecule has 0 N–H and O–H groups in total. The summed E-state index contributed by atoms with van der Waals surface area (Å²) in [7, 11) is 1.62. The van der Waals surface area contributed by atoms with Crippen LogP contribution in [0.4, 0.5) is 10.1 Å². The SMILES string of the molecule is C=CCn1c(SCC(=O)N2CCN(c3ccc(F)cc3)CC2)nnc1-c1ccccc1OC. The lowest BCUT2D eigenvalue weighted by atomic mass is 10.2. The third-order valence-electron chi connectivity index (χ3n) is 5.53. The molecule has 0 aliphatic carbocycles. The number of rotatable bonds is 8. The third-order valence-corrected chi connectivity index (χ3v) is 6.48. The molecule has 7 nitrogen and oxygen atoms in total. The highest BCUT2D eigenvalue weighted by molar-refractivity contribution is 7.99. The molecule has 172 valence electrons. The van der Waals surface area contributed by atoms with Gasteiger partial charge in [-0.2, -0.15) is 0 Å². The normalized spacial score (nSPS) is 13.8. The predicted molar refractivity (Wildman–Crippen MR) is 128 cm³/mol. The number of amides is 1. The average molecular weight is 468 g/mol. The minimum Gasteiger partial charge on any atom is -0.496 e. The maximum absolute atomic E-state index is 13.2. The van der Waals surface area contributed by atoms with Gasteiger partial charge in [0.2, 0.25) is 5.91 Å². The van der Waals surface area contributed by atoms with Crippen molar-refractivity contribution in [3.05, 3.63) is 67.0 Å². The van der Waals surface area contributed by atoms with Gasteiger partial charge in [0.1, 0.15) is 11.6 Å². The van der Waals surface area contributed by atoms with E-state index in [0.29, 0.717) is 49.5 Å². The largest absolute Gasteiger partial charge is 0.496 e. The van der Waals surface area contributed by atoms with E-state index in [1.165, 1.54) is 23.9 Å². The molecule has 3 aromatic rings. The number of aromatic nitrogens is 3. The van der Waals surface area contributed by atoms with Crippen LogP contribution in [0.2, 0.25) is 0 Å². The van der Waals surface area contributed by atoms with Crippen molar-refractivity contribution in [2.24, 2.45) is 0 Å². The van der Waals surface area contributed by atoms with Crippen LogP contribution in [0.1, 0.15) is 0 Å². The van der Waals surface area contributed by atoms with Crippen LogP contribution in [0.3, 0.4) is 0 Å². The van der Waals surface area contributed by atoms with Crippen molar-refractivity contribution in [1.29, 1.82) is 0 Å². The molecule has 0 bridgehead atoms. The minimum absolute atomic E-state index is 0.0609. The highest BCUT2D eigenvalue weighted by atomic mass is 32.2. The zero-order valence-electron chi connectivity index (χ0n) is 18.5. The van der Waals surface area contributed by atoms with Gasteiger partial charge in [-0.3, -0.25) is 9.36 Å². The number of thioether (sulfide) groups is 1. The molecule has 0 atom stereocenters. The average Bonchev–Trinajstić information content (AvgIpc) is 3.25. The Morgan fingerprint density at radius 3 is 2.55 bits per heavy atom. The molecule has 0 spiro atoms. The molecule has 9 heteroatoms. The van der Waals surface area contributed by atoms with Gasteiger partial charge in [-0.05, 0) is 36.4 Å². The number of piperazine rings is 1. The fraction of sp³-hybridized carbons (Fsp3) is 0.292. The standard InChI is InChI=1S/C24H26FN5O2S/c1-3-12-30-23(20-6-4-5-7-21(20)32-2)26-27-24(30)33-17-22(31)29-15-13-28(14-16-29)19-10-8-18(25)9-11-19/h3-11H,1,12-17H2,2H3. The smallest absolute Gasteiger partial charge is 0.233 e. The topological polar surface area (TPSA) is 63.5 Å². The molecule has 0 radical (unpaired) electrons. The number of ether oxygens (including phenoxy) is 1. The fourth-order valence-electron chi connectivity index (χ4n) is 3.80. The van der Waals surface area contributed by atoms with Crippen molar-refractivity contribution >= 4 is 23.4 Å². The first-order chi connectivity index (χ1) is 16.1. The molecule has 33 heavy (non-hydrogen) atoms. The summed E-state index contributed by atoms with van der Waals surface area (Å²) in [6.45, 7) is 7.05. The van der Waals surface area contributed by atoms with Crippen LogP contribution in [0.25, 0.3) is 11.4 Å². The van der Waals surface area contributed by atoms with Crippen LogP contribution in [-0.2, 0) is 11.3 Å². The highest BCUT2D eigenvalue weighted by Gasteiger charge is 2.23. The quantitative estimate of drug-likeness (QED) is 0.372. The van der Waals surface area contributed by atoms with E-state index in [9.17, 15) is 9.18 Å². The maximum Gasteiger partial charge on any atom is 0.233 e. The Hall–Kier alpha value is -3.33. The van der Waals surface area contributed by atoms with Crippen LogP contribution < -0.4 is 9.64 Å². The third kappa shape index (κ3) is 5.19. The van der Waals surface area contributed by atoms with Crippen LogP contribution in [0, 0.1) is 5.82 Å². The Morgan fingerprint density at radius 1 is 1.12 bits per heavy atom. The summed E-state index contributed by atoms with van der Waals surface area (Å²) in [5.41, 5.74) is 1.81. The van der Waals surface area contributed by atoms with E-state index >= 15 is 0 Å². The second-order valence-electron chi connectivity index (χ2n) is 7.54. The summed E-state index contributed by atoms with van der Waals surface area (Å²) < 4.78 is 20.6. The first-order valence-electron chi connectivity index (χ1n) is 10.7. The Kier molecular flexibility index (Phi) is 7.29. The van der Waals surface area contributed by atoms with Gasteiger partial charge in [-0.15, -0.1) is 16.8 Å². The number of methoxy groups -OCH3 is 1. The van der Waals surface area contributed by atoms with Crippen molar-refractivity contribution in [2.75, 3.05) is 43.9 Å². The molecule has 1 aromatic heterocycles. The van der Waals surface area contributed by atoms with Crippen molar-refractivity contribution in [3.63, 3.8) is 0 Å². The van der Waals surface area contributed by atoms with Gasteiger partial charge >= 0.3 is 0 Å². The highest BCUT2D eigenvalue weighted by Crippen LogP contribution is 2.31. The molecule has 1 fully saturated rings. The first kappa shape index (κ1) is 22.8. The lowest BCUT2D eigenvalue weighted by Gasteiger charge is -2.36. The van der Waals surface area contributed by atoms with Crippen LogP contribution in [-0.4, -0.2) is 64.6 Å². The summed E-state index contributed by atoms with van der Waals surface area (Å²) in [4.78, 5) is 16.9. The number of carbonyl (C=O) groups excluding carboxylic acids is 1. The maximum atomic E-state index is 13.2. The summed E-state index contributed by atoms with van der Waals surface area (Å²) >= 11 is 1.37. The Labute approximate surface area is 196 Å². The van der Waals surface area contributed by atoms with E-state index in [1.807, 2.05) is 33.7 Å². The second kappa shape index (κ2) is 10.5. The number of nitrogens with zero attached hydrogens (tertiary/aromatic N) is 5. The summed E-state index contributed by atoms with van der Waals surface area (Å²) in [5.74, 6) is 1.48. The van der Waals surface area contributed by atoms with Crippen LogP contribution in [0.5, 0.6) is 5.75 Å². The summed E-state index contributed by atoms with van der Waals surface area (Å²) in [6, 6.07) is 14.1. The van der Waals surface area contributed by atoms with E-state index in [2.05, 4.69) is 21.7 Å². The van der Waals surface area contributed by atoms with Crippen molar-refractivity contribution < 1.29 is 13.9 Å². The second-order valence-corrected chi connectivity index (χ2v) is 8.48. The molecular weight excluding hydrogens is 441 g/mol. The summed E-state index contributed by atoms with van der Waals surface area (Å²) in [5, 5.41) is 9.35. The lowest BCUT2D eigenvalue weighted by molar-refractivity contribution is -0.128. The van der Waals surface area contributed by atoms with E-state index in [4.69, 9.17) is 4.74 Å². The van der Waals surface area contributed by atoms with E-state index < -0.39 is 0 Å². The molecule has 0 saturated carbocycles. The predicted octanol–water partition coefficient (Wildman–Crippen LogP) is 3.72. The van der Waals surface area contributed by atoms with E-state index in [0.717, 1.165) is 11.3 Å². The van der Waals surface area contributed by atoms with Gasteiger partial charge in [0.05, 0.1) is 18.4 Å². The number of anilines is 1. The number of halogens is 1. The van der Waals surface area contributed by atoms with Gasteiger partial charge < -0.3 is 14.5 Å². The molecule has 1 aliphatic heterocycles. The zero-order chi connectivity index (χ0) is 23.2. The Bertz CT molecular complexity index is 1110. The minimum atomic E-state index is -0.247.